The highest BCUT2D eigenvalue weighted by atomic mass is 79.9. The maximum absolute atomic E-state index is 11.2. The van der Waals surface area contributed by atoms with Crippen molar-refractivity contribution in [1.82, 2.24) is 43.8 Å². The van der Waals surface area contributed by atoms with Crippen LogP contribution in [0, 0.1) is 20.8 Å². The van der Waals surface area contributed by atoms with Gasteiger partial charge in [-0.1, -0.05) is 0 Å². The summed E-state index contributed by atoms with van der Waals surface area (Å²) in [4.78, 5) is 34.0. The molecule has 0 atom stereocenters. The second-order valence-electron chi connectivity index (χ2n) is 8.05. The lowest BCUT2D eigenvalue weighted by Crippen LogP contribution is -2.04. The average molecular weight is 580 g/mol. The second-order valence-corrected chi connectivity index (χ2v) is 8.96. The van der Waals surface area contributed by atoms with Crippen LogP contribution in [0.4, 0.5) is 0 Å². The van der Waals surface area contributed by atoms with Crippen LogP contribution in [0.2, 0.25) is 0 Å². The number of pyridine rings is 3. The molecule has 0 aromatic carbocycles. The summed E-state index contributed by atoms with van der Waals surface area (Å²) in [5.41, 5.74) is 5.86. The normalized spacial score (nSPS) is 10.6. The van der Waals surface area contributed by atoms with E-state index in [2.05, 4.69) is 50.9 Å². The zero-order valence-electron chi connectivity index (χ0n) is 20.8. The number of carbonyl (C=O) groups is 2. The van der Waals surface area contributed by atoms with E-state index in [4.69, 9.17) is 5.11 Å². The fourth-order valence-electron chi connectivity index (χ4n) is 3.59. The van der Waals surface area contributed by atoms with Gasteiger partial charge in [-0.2, -0.15) is 15.3 Å². The van der Waals surface area contributed by atoms with Gasteiger partial charge in [-0.3, -0.25) is 0 Å². The van der Waals surface area contributed by atoms with Crippen LogP contribution in [0.5, 0.6) is 0 Å². The average Bonchev–Trinajstić information content (AvgIpc) is 3.64. The first kappa shape index (κ1) is 26.3. The Balaban J connectivity index is 0.000000134. The predicted octanol–water partition coefficient (Wildman–Crippen LogP) is 3.36. The third-order valence-corrected chi connectivity index (χ3v) is 5.75. The van der Waals surface area contributed by atoms with Crippen LogP contribution >= 0.6 is 15.9 Å². The molecular weight excluding hydrogens is 558 g/mol. The maximum Gasteiger partial charge on any atom is 0.339 e. The van der Waals surface area contributed by atoms with Crippen molar-refractivity contribution in [2.24, 2.45) is 0 Å². The Bertz CT molecular complexity index is 1770. The molecule has 6 aromatic rings. The van der Waals surface area contributed by atoms with E-state index in [0.717, 1.165) is 32.5 Å². The molecule has 0 saturated heterocycles. The van der Waals surface area contributed by atoms with Crippen LogP contribution in [0.1, 0.15) is 37.4 Å². The Morgan fingerprint density at radius 3 is 1.63 bits per heavy atom. The first-order valence-corrected chi connectivity index (χ1v) is 11.8. The van der Waals surface area contributed by atoms with E-state index >= 15 is 0 Å². The Morgan fingerprint density at radius 2 is 1.16 bits per heavy atom. The summed E-state index contributed by atoms with van der Waals surface area (Å²) in [5, 5.41) is 20.6. The van der Waals surface area contributed by atoms with Crippen molar-refractivity contribution in [3.8, 4) is 0 Å². The zero-order valence-corrected chi connectivity index (χ0v) is 22.4. The lowest BCUT2D eigenvalue weighted by atomic mass is 10.2. The fourth-order valence-corrected chi connectivity index (χ4v) is 4.12. The molecule has 0 unspecified atom stereocenters. The monoisotopic (exact) mass is 579 g/mol. The summed E-state index contributed by atoms with van der Waals surface area (Å²) < 4.78 is 10.4. The van der Waals surface area contributed by atoms with Crippen molar-refractivity contribution >= 4 is 44.8 Å². The summed E-state index contributed by atoms with van der Waals surface area (Å²) in [7, 11) is 1.35. The minimum Gasteiger partial charge on any atom is -0.478 e. The number of carbonyl (C=O) groups excluding carboxylic acids is 1. The highest BCUT2D eigenvalue weighted by Crippen LogP contribution is 2.14. The number of methoxy groups -OCH3 is 1. The highest BCUT2D eigenvalue weighted by Gasteiger charge is 2.09. The van der Waals surface area contributed by atoms with Crippen LogP contribution < -0.4 is 0 Å². The number of ether oxygens (including phenoxy) is 1. The molecule has 6 heterocycles. The summed E-state index contributed by atoms with van der Waals surface area (Å²) in [5.74, 6) is -1.33. The first-order chi connectivity index (χ1) is 18.2. The molecule has 0 fully saturated rings. The van der Waals surface area contributed by atoms with Crippen LogP contribution in [0.3, 0.4) is 0 Å². The van der Waals surface area contributed by atoms with E-state index in [9.17, 15) is 9.59 Å². The van der Waals surface area contributed by atoms with Gasteiger partial charge in [-0.25, -0.2) is 38.1 Å². The number of aromatic carboxylic acids is 1. The minimum atomic E-state index is -0.958. The quantitative estimate of drug-likeness (QED) is 0.302. The van der Waals surface area contributed by atoms with E-state index < -0.39 is 5.97 Å². The van der Waals surface area contributed by atoms with Crippen molar-refractivity contribution in [3.05, 3.63) is 88.1 Å². The van der Waals surface area contributed by atoms with Gasteiger partial charge < -0.3 is 9.84 Å². The molecule has 6 rings (SSSR count). The lowest BCUT2D eigenvalue weighted by Gasteiger charge is -2.01. The standard InChI is InChI=1S/C9H9N3O2.C8H7N3O2.C7H6BrN3/c1-6-3-7(9(13)14-2)4-12-8(6)10-5-11-12;1-5-2-6(8(12)13)3-11-7(5)9-4-10-11;1-5-2-6(8)3-11-7(5)9-4-10-11/h3-5H,1-2H3;2-4H,1H3,(H,12,13);2-4H,1H3. The van der Waals surface area contributed by atoms with Crippen molar-refractivity contribution < 1.29 is 19.4 Å². The number of nitrogens with zero attached hydrogens (tertiary/aromatic N) is 9. The molecule has 0 saturated carbocycles. The summed E-state index contributed by atoms with van der Waals surface area (Å²) in [6.45, 7) is 5.68. The lowest BCUT2D eigenvalue weighted by molar-refractivity contribution is 0.0599. The number of carboxylic acids is 1. The van der Waals surface area contributed by atoms with Crippen molar-refractivity contribution in [3.63, 3.8) is 0 Å². The number of esters is 1. The largest absolute Gasteiger partial charge is 0.478 e. The van der Waals surface area contributed by atoms with Crippen LogP contribution in [-0.2, 0) is 4.74 Å². The first-order valence-electron chi connectivity index (χ1n) is 11.0. The van der Waals surface area contributed by atoms with Gasteiger partial charge in [0, 0.05) is 23.1 Å². The molecule has 1 N–H and O–H groups in total. The van der Waals surface area contributed by atoms with Crippen LogP contribution in [0.15, 0.2) is 60.2 Å². The maximum atomic E-state index is 11.2. The molecule has 0 spiro atoms. The van der Waals surface area contributed by atoms with Gasteiger partial charge in [0.05, 0.1) is 18.2 Å². The predicted molar refractivity (Wildman–Crippen MR) is 139 cm³/mol. The summed E-state index contributed by atoms with van der Waals surface area (Å²) in [6.07, 6.45) is 9.32. The number of hydrogen-bond acceptors (Lipinski definition) is 9. The molecule has 0 aliphatic carbocycles. The Labute approximate surface area is 223 Å². The van der Waals surface area contributed by atoms with E-state index in [1.54, 1.807) is 40.6 Å². The molecule has 0 aliphatic heterocycles. The van der Waals surface area contributed by atoms with Gasteiger partial charge in [0.2, 0.25) is 0 Å². The molecular formula is C24H22BrN9O4. The number of carboxylic acid groups (broad SMARTS) is 1. The molecule has 0 radical (unpaired) electrons. The molecule has 0 amide bonds. The molecule has 0 aliphatic rings. The number of aryl methyl sites for hydroxylation is 3. The van der Waals surface area contributed by atoms with E-state index in [1.165, 1.54) is 30.5 Å². The van der Waals surface area contributed by atoms with Gasteiger partial charge in [-0.05, 0) is 71.6 Å². The van der Waals surface area contributed by atoms with Gasteiger partial charge in [0.1, 0.15) is 19.0 Å². The van der Waals surface area contributed by atoms with Crippen molar-refractivity contribution in [1.29, 1.82) is 0 Å². The Hall–Kier alpha value is -4.72. The second kappa shape index (κ2) is 11.1. The molecule has 38 heavy (non-hydrogen) atoms. The molecule has 194 valence electrons. The van der Waals surface area contributed by atoms with Gasteiger partial charge in [0.25, 0.3) is 0 Å². The van der Waals surface area contributed by atoms with Crippen LogP contribution in [0.25, 0.3) is 16.9 Å². The van der Waals surface area contributed by atoms with Gasteiger partial charge in [-0.15, -0.1) is 0 Å². The van der Waals surface area contributed by atoms with Gasteiger partial charge >= 0.3 is 11.9 Å². The minimum absolute atomic E-state index is 0.218. The van der Waals surface area contributed by atoms with E-state index in [1.807, 2.05) is 26.1 Å². The number of halogens is 1. The van der Waals surface area contributed by atoms with Crippen molar-refractivity contribution in [2.45, 2.75) is 20.8 Å². The summed E-state index contributed by atoms with van der Waals surface area (Å²) >= 11 is 3.38. The Kier molecular flexibility index (Phi) is 7.71. The topological polar surface area (TPSA) is 154 Å². The van der Waals surface area contributed by atoms with E-state index in [0.29, 0.717) is 11.2 Å². The smallest absolute Gasteiger partial charge is 0.339 e. The van der Waals surface area contributed by atoms with E-state index in [-0.39, 0.29) is 11.5 Å². The molecule has 6 aromatic heterocycles. The van der Waals surface area contributed by atoms with Gasteiger partial charge in [0.15, 0.2) is 16.9 Å². The number of rotatable bonds is 2. The molecule has 13 nitrogen and oxygen atoms in total. The summed E-state index contributed by atoms with van der Waals surface area (Å²) in [6, 6.07) is 5.33. The number of aromatic nitrogens is 9. The third kappa shape index (κ3) is 5.64. The van der Waals surface area contributed by atoms with Crippen molar-refractivity contribution in [2.75, 3.05) is 7.11 Å². The number of hydrogen-bond donors (Lipinski definition) is 1. The Morgan fingerprint density at radius 1 is 0.737 bits per heavy atom. The molecule has 0 bridgehead atoms. The number of fused-ring (bicyclic) bond motifs is 3. The van der Waals surface area contributed by atoms with Crippen LogP contribution in [-0.4, -0.2) is 67.9 Å². The SMILES string of the molecule is COC(=O)c1cc(C)c2ncnn2c1.Cc1cc(Br)cn2ncnc12.Cc1cc(C(=O)O)cn2ncnc12. The molecule has 14 heteroatoms. The third-order valence-electron chi connectivity index (χ3n) is 5.31. The highest BCUT2D eigenvalue weighted by molar-refractivity contribution is 9.10. The zero-order chi connectivity index (χ0) is 27.4. The fraction of sp³-hybridized carbons (Fsp3) is 0.167.